The molecule has 0 radical (unpaired) electrons. The predicted octanol–water partition coefficient (Wildman–Crippen LogP) is 2.36. The number of hydrogen-bond donors (Lipinski definition) is 1. The van der Waals surface area contributed by atoms with Gasteiger partial charge in [0.15, 0.2) is 10.9 Å². The molecule has 0 saturated carbocycles. The summed E-state index contributed by atoms with van der Waals surface area (Å²) in [6.45, 7) is 5.17. The van der Waals surface area contributed by atoms with E-state index in [-0.39, 0.29) is 18.1 Å². The van der Waals surface area contributed by atoms with Gasteiger partial charge in [0.1, 0.15) is 5.70 Å². The summed E-state index contributed by atoms with van der Waals surface area (Å²) in [5, 5.41) is 0.477. The van der Waals surface area contributed by atoms with Crippen LogP contribution in [-0.4, -0.2) is 59.2 Å². The van der Waals surface area contributed by atoms with Gasteiger partial charge in [0.25, 0.3) is 16.0 Å². The molecule has 29 heavy (non-hydrogen) atoms. The van der Waals surface area contributed by atoms with Gasteiger partial charge in [-0.2, -0.15) is 8.42 Å². The van der Waals surface area contributed by atoms with Crippen molar-refractivity contribution in [1.29, 1.82) is 0 Å². The lowest BCUT2D eigenvalue weighted by Gasteiger charge is -2.18. The van der Waals surface area contributed by atoms with E-state index in [1.165, 1.54) is 4.90 Å². The maximum absolute atomic E-state index is 12.7. The van der Waals surface area contributed by atoms with Crippen molar-refractivity contribution in [2.24, 2.45) is 0 Å². The van der Waals surface area contributed by atoms with Crippen molar-refractivity contribution in [3.8, 4) is 5.75 Å². The first-order valence-electron chi connectivity index (χ1n) is 9.31. The summed E-state index contributed by atoms with van der Waals surface area (Å²) in [6, 6.07) is 7.37. The number of allylic oxidation sites excluding steroid dienone is 2. The number of ether oxygens (including phenoxy) is 1. The van der Waals surface area contributed by atoms with Crippen LogP contribution < -0.4 is 9.64 Å². The SMILES string of the molecule is CCN1C(=O)C(=CC=C2Oc3ccccc3N2CCCS(=O)(=O)O)N(CC)C1=S. The summed E-state index contributed by atoms with van der Waals surface area (Å²) >= 11 is 5.38. The van der Waals surface area contributed by atoms with E-state index in [9.17, 15) is 13.2 Å². The first-order chi connectivity index (χ1) is 13.8. The third-order valence-corrected chi connectivity index (χ3v) is 5.90. The minimum Gasteiger partial charge on any atom is -0.439 e. The molecule has 8 nitrogen and oxygen atoms in total. The van der Waals surface area contributed by atoms with Gasteiger partial charge in [-0.25, -0.2) is 0 Å². The molecule has 2 heterocycles. The summed E-state index contributed by atoms with van der Waals surface area (Å²) in [4.78, 5) is 17.8. The van der Waals surface area contributed by atoms with Crippen LogP contribution in [0, 0.1) is 0 Å². The van der Waals surface area contributed by atoms with Gasteiger partial charge in [-0.1, -0.05) is 12.1 Å². The summed E-state index contributed by atoms with van der Waals surface area (Å²) < 4.78 is 37.0. The third-order valence-electron chi connectivity index (χ3n) is 4.65. The van der Waals surface area contributed by atoms with Crippen LogP contribution >= 0.6 is 12.2 Å². The summed E-state index contributed by atoms with van der Waals surface area (Å²) in [5.41, 5.74) is 1.26. The van der Waals surface area contributed by atoms with Crippen LogP contribution in [0.3, 0.4) is 0 Å². The molecule has 2 aliphatic heterocycles. The minimum absolute atomic E-state index is 0.162. The zero-order chi connectivity index (χ0) is 21.2. The molecule has 0 atom stereocenters. The van der Waals surface area contributed by atoms with Crippen molar-refractivity contribution < 1.29 is 22.5 Å². The molecule has 1 saturated heterocycles. The van der Waals surface area contributed by atoms with Crippen LogP contribution in [0.25, 0.3) is 0 Å². The Kier molecular flexibility index (Phi) is 6.25. The Labute approximate surface area is 175 Å². The van der Waals surface area contributed by atoms with Crippen molar-refractivity contribution in [3.63, 3.8) is 0 Å². The second-order valence-corrected chi connectivity index (χ2v) is 8.43. The van der Waals surface area contributed by atoms with Gasteiger partial charge in [0.05, 0.1) is 11.4 Å². The molecule has 0 spiro atoms. The van der Waals surface area contributed by atoms with Crippen LogP contribution in [0.15, 0.2) is 48.0 Å². The highest BCUT2D eigenvalue weighted by molar-refractivity contribution is 7.85. The molecule has 1 amide bonds. The Bertz CT molecular complexity index is 987. The molecule has 0 aliphatic carbocycles. The fourth-order valence-electron chi connectivity index (χ4n) is 3.30. The third kappa shape index (κ3) is 4.44. The molecule has 156 valence electrons. The standard InChI is InChI=1S/C19H23N3O5S2/c1-3-20-15(18(23)21(4-2)19(20)28)10-11-17-22(12-7-13-29(24,25)26)14-8-5-6-9-16(14)27-17/h5-6,8-11H,3-4,7,12-13H2,1-2H3,(H,24,25,26). The van der Waals surface area contributed by atoms with Crippen molar-refractivity contribution in [2.75, 3.05) is 30.3 Å². The molecule has 0 bridgehead atoms. The number of amides is 1. The van der Waals surface area contributed by atoms with Gasteiger partial charge in [0.2, 0.25) is 5.88 Å². The Balaban J connectivity index is 1.89. The van der Waals surface area contributed by atoms with E-state index in [0.29, 0.717) is 42.1 Å². The highest BCUT2D eigenvalue weighted by Gasteiger charge is 2.36. The van der Waals surface area contributed by atoms with E-state index in [0.717, 1.165) is 5.69 Å². The first kappa shape index (κ1) is 21.3. The second kappa shape index (κ2) is 8.52. The van der Waals surface area contributed by atoms with Crippen LogP contribution in [-0.2, 0) is 14.9 Å². The molecule has 0 aromatic heterocycles. The summed E-state index contributed by atoms with van der Waals surface area (Å²) in [6.07, 6.45) is 3.58. The van der Waals surface area contributed by atoms with Gasteiger partial charge < -0.3 is 14.5 Å². The predicted molar refractivity (Wildman–Crippen MR) is 114 cm³/mol. The summed E-state index contributed by atoms with van der Waals surface area (Å²) in [5.74, 6) is 0.602. The maximum atomic E-state index is 12.7. The molecular formula is C19H23N3O5S2. The largest absolute Gasteiger partial charge is 0.439 e. The number of likely N-dealkylation sites (N-methyl/N-ethyl adjacent to an activating group) is 2. The zero-order valence-electron chi connectivity index (χ0n) is 16.2. The highest BCUT2D eigenvalue weighted by atomic mass is 32.2. The van der Waals surface area contributed by atoms with Gasteiger partial charge in [0, 0.05) is 25.7 Å². The van der Waals surface area contributed by atoms with Gasteiger partial charge in [-0.05, 0) is 50.7 Å². The number of carbonyl (C=O) groups is 1. The topological polar surface area (TPSA) is 90.4 Å². The fourth-order valence-corrected chi connectivity index (χ4v) is 4.23. The summed E-state index contributed by atoms with van der Waals surface area (Å²) in [7, 11) is -4.04. The highest BCUT2D eigenvalue weighted by Crippen LogP contribution is 2.38. The van der Waals surface area contributed by atoms with E-state index >= 15 is 0 Å². The second-order valence-electron chi connectivity index (χ2n) is 6.49. The van der Waals surface area contributed by atoms with Crippen molar-refractivity contribution in [3.05, 3.63) is 48.0 Å². The molecule has 3 rings (SSSR count). The molecule has 2 aliphatic rings. The molecule has 10 heteroatoms. The van der Waals surface area contributed by atoms with Crippen molar-refractivity contribution in [2.45, 2.75) is 20.3 Å². The number of fused-ring (bicyclic) bond motifs is 1. The fraction of sp³-hybridized carbons (Fsp3) is 0.368. The zero-order valence-corrected chi connectivity index (χ0v) is 17.9. The van der Waals surface area contributed by atoms with E-state index in [2.05, 4.69) is 0 Å². The van der Waals surface area contributed by atoms with E-state index in [1.807, 2.05) is 43.0 Å². The van der Waals surface area contributed by atoms with Gasteiger partial charge >= 0.3 is 0 Å². The number of carbonyl (C=O) groups excluding carboxylic acids is 1. The maximum Gasteiger partial charge on any atom is 0.276 e. The minimum atomic E-state index is -4.04. The van der Waals surface area contributed by atoms with E-state index in [4.69, 9.17) is 21.5 Å². The number of para-hydroxylation sites is 2. The average molecular weight is 438 g/mol. The average Bonchev–Trinajstić information content (AvgIpc) is 3.13. The molecule has 0 unspecified atom stereocenters. The number of rotatable bonds is 7. The van der Waals surface area contributed by atoms with Crippen LogP contribution in [0.4, 0.5) is 5.69 Å². The van der Waals surface area contributed by atoms with Gasteiger partial charge in [-0.3, -0.25) is 14.2 Å². The molecule has 1 aromatic rings. The van der Waals surface area contributed by atoms with E-state index < -0.39 is 10.1 Å². The van der Waals surface area contributed by atoms with E-state index in [1.54, 1.807) is 17.1 Å². The molecule has 1 N–H and O–H groups in total. The smallest absolute Gasteiger partial charge is 0.276 e. The number of anilines is 1. The van der Waals surface area contributed by atoms with Crippen molar-refractivity contribution >= 4 is 39.0 Å². The number of benzene rings is 1. The number of thiocarbonyl (C=S) groups is 1. The van der Waals surface area contributed by atoms with Crippen LogP contribution in [0.5, 0.6) is 5.75 Å². The normalized spacial score (nSPS) is 19.5. The number of nitrogens with zero attached hydrogens (tertiary/aromatic N) is 3. The first-order valence-corrected chi connectivity index (χ1v) is 11.3. The monoisotopic (exact) mass is 437 g/mol. The van der Waals surface area contributed by atoms with Crippen molar-refractivity contribution in [1.82, 2.24) is 9.80 Å². The molecular weight excluding hydrogens is 414 g/mol. The molecule has 1 fully saturated rings. The Hall–Kier alpha value is -2.43. The lowest BCUT2D eigenvalue weighted by atomic mass is 10.2. The Morgan fingerprint density at radius 1 is 1.10 bits per heavy atom. The van der Waals surface area contributed by atoms with Crippen LogP contribution in [0.2, 0.25) is 0 Å². The molecule has 1 aromatic carbocycles. The Morgan fingerprint density at radius 3 is 2.45 bits per heavy atom. The number of hydrogen-bond acceptors (Lipinski definition) is 6. The lowest BCUT2D eigenvalue weighted by molar-refractivity contribution is -0.122. The quantitative estimate of drug-likeness (QED) is 0.395. The van der Waals surface area contributed by atoms with Crippen LogP contribution in [0.1, 0.15) is 20.3 Å². The van der Waals surface area contributed by atoms with Gasteiger partial charge in [-0.15, -0.1) is 0 Å². The Morgan fingerprint density at radius 2 is 1.79 bits per heavy atom. The lowest BCUT2D eigenvalue weighted by Crippen LogP contribution is -2.32.